The van der Waals surface area contributed by atoms with Gasteiger partial charge in [-0.1, -0.05) is 19.3 Å². The minimum absolute atomic E-state index is 0.215. The highest BCUT2D eigenvalue weighted by Crippen LogP contribution is 2.27. The molecule has 1 N–H and O–H groups in total. The molecule has 2 saturated carbocycles. The molecule has 0 unspecified atom stereocenters. The van der Waals surface area contributed by atoms with Crippen LogP contribution in [0.4, 0.5) is 0 Å². The minimum atomic E-state index is 0.215. The number of fused-ring (bicyclic) bond motifs is 1. The normalized spacial score (nSPS) is 22.8. The summed E-state index contributed by atoms with van der Waals surface area (Å²) in [4.78, 5) is 14.6. The Bertz CT molecular complexity index is 572. The number of nitrogens with one attached hydrogen (secondary N) is 1. The van der Waals surface area contributed by atoms with Crippen LogP contribution in [0.3, 0.4) is 0 Å². The van der Waals surface area contributed by atoms with Crippen LogP contribution >= 0.6 is 0 Å². The van der Waals surface area contributed by atoms with E-state index in [2.05, 4.69) is 21.0 Å². The maximum Gasteiger partial charge on any atom is 0.223 e. The zero-order valence-electron chi connectivity index (χ0n) is 14.7. The molecule has 1 amide bonds. The second-order valence-corrected chi connectivity index (χ2v) is 7.93. The molecule has 0 atom stereocenters. The average molecular weight is 330 g/mol. The summed E-state index contributed by atoms with van der Waals surface area (Å²) in [6.07, 6.45) is 10.2. The van der Waals surface area contributed by atoms with Crippen molar-refractivity contribution in [2.45, 2.75) is 71.0 Å². The van der Waals surface area contributed by atoms with E-state index in [-0.39, 0.29) is 11.8 Å². The summed E-state index contributed by atoms with van der Waals surface area (Å²) < 4.78 is 2.17. The van der Waals surface area contributed by atoms with Crippen molar-refractivity contribution in [3.8, 4) is 0 Å². The van der Waals surface area contributed by atoms with Crippen molar-refractivity contribution in [2.24, 2.45) is 11.8 Å². The van der Waals surface area contributed by atoms with Gasteiger partial charge in [-0.3, -0.25) is 14.4 Å². The smallest absolute Gasteiger partial charge is 0.223 e. The van der Waals surface area contributed by atoms with Crippen LogP contribution < -0.4 is 5.32 Å². The van der Waals surface area contributed by atoms with Crippen molar-refractivity contribution < 1.29 is 4.79 Å². The van der Waals surface area contributed by atoms with Crippen molar-refractivity contribution in [1.29, 1.82) is 0 Å². The van der Waals surface area contributed by atoms with E-state index in [1.807, 2.05) is 0 Å². The summed E-state index contributed by atoms with van der Waals surface area (Å²) >= 11 is 0. The van der Waals surface area contributed by atoms with Crippen LogP contribution in [0.25, 0.3) is 0 Å². The Morgan fingerprint density at radius 2 is 1.96 bits per heavy atom. The highest BCUT2D eigenvalue weighted by molar-refractivity contribution is 5.79. The number of aromatic nitrogens is 2. The molecule has 0 spiro atoms. The molecule has 1 aliphatic heterocycles. The first-order valence-electron chi connectivity index (χ1n) is 9.83. The molecule has 0 radical (unpaired) electrons. The fourth-order valence-corrected chi connectivity index (χ4v) is 4.38. The second kappa shape index (κ2) is 7.26. The lowest BCUT2D eigenvalue weighted by Crippen LogP contribution is -2.34. The Morgan fingerprint density at radius 3 is 2.71 bits per heavy atom. The molecular weight excluding hydrogens is 300 g/mol. The van der Waals surface area contributed by atoms with E-state index in [0.29, 0.717) is 6.54 Å². The molecule has 2 fully saturated rings. The molecule has 0 aromatic carbocycles. The van der Waals surface area contributed by atoms with Crippen LogP contribution in [0, 0.1) is 11.8 Å². The molecule has 0 saturated heterocycles. The van der Waals surface area contributed by atoms with E-state index >= 15 is 0 Å². The summed E-state index contributed by atoms with van der Waals surface area (Å²) in [5.41, 5.74) is 2.33. The lowest BCUT2D eigenvalue weighted by molar-refractivity contribution is -0.127. The van der Waals surface area contributed by atoms with E-state index in [1.165, 1.54) is 57.3 Å². The number of carbonyl (C=O) groups is 1. The molecule has 4 rings (SSSR count). The molecule has 5 nitrogen and oxygen atoms in total. The standard InChI is InChI=1S/C19H30N4O/c24-19(16-7-3-8-16)20-12-17-11-18-14-22(9-4-10-23(18)21-17)13-15-5-1-2-6-15/h11,15-16H,1-10,12-14H2,(H,20,24). The average Bonchev–Trinajstić information content (AvgIpc) is 3.10. The van der Waals surface area contributed by atoms with Crippen LogP contribution in [-0.4, -0.2) is 33.7 Å². The van der Waals surface area contributed by atoms with Crippen molar-refractivity contribution in [1.82, 2.24) is 20.0 Å². The topological polar surface area (TPSA) is 50.2 Å². The van der Waals surface area contributed by atoms with Gasteiger partial charge >= 0.3 is 0 Å². The van der Waals surface area contributed by atoms with Crippen LogP contribution in [-0.2, 0) is 24.4 Å². The number of amides is 1. The summed E-state index contributed by atoms with van der Waals surface area (Å²) in [6, 6.07) is 2.20. The molecule has 2 heterocycles. The Labute approximate surface area is 144 Å². The molecule has 132 valence electrons. The molecule has 1 aromatic heterocycles. The van der Waals surface area contributed by atoms with E-state index in [4.69, 9.17) is 5.10 Å². The van der Waals surface area contributed by atoms with E-state index in [9.17, 15) is 4.79 Å². The Kier molecular flexibility index (Phi) is 4.88. The lowest BCUT2D eigenvalue weighted by Gasteiger charge is -2.23. The number of hydrogen-bond acceptors (Lipinski definition) is 3. The highest BCUT2D eigenvalue weighted by Gasteiger charge is 2.25. The van der Waals surface area contributed by atoms with Gasteiger partial charge in [0.1, 0.15) is 0 Å². The maximum atomic E-state index is 12.0. The van der Waals surface area contributed by atoms with Gasteiger partial charge in [0.05, 0.1) is 17.9 Å². The molecule has 24 heavy (non-hydrogen) atoms. The third-order valence-electron chi connectivity index (χ3n) is 6.05. The Morgan fingerprint density at radius 1 is 1.12 bits per heavy atom. The van der Waals surface area contributed by atoms with Gasteiger partial charge in [-0.05, 0) is 44.1 Å². The van der Waals surface area contributed by atoms with Crippen molar-refractivity contribution in [3.05, 3.63) is 17.5 Å². The van der Waals surface area contributed by atoms with Gasteiger partial charge in [0.2, 0.25) is 5.91 Å². The monoisotopic (exact) mass is 330 g/mol. The zero-order chi connectivity index (χ0) is 16.4. The van der Waals surface area contributed by atoms with Gasteiger partial charge in [-0.2, -0.15) is 5.10 Å². The molecular formula is C19H30N4O. The van der Waals surface area contributed by atoms with Crippen molar-refractivity contribution in [3.63, 3.8) is 0 Å². The summed E-state index contributed by atoms with van der Waals surface area (Å²) in [5, 5.41) is 7.79. The molecule has 3 aliphatic rings. The maximum absolute atomic E-state index is 12.0. The summed E-state index contributed by atoms with van der Waals surface area (Å²) in [5.74, 6) is 1.38. The fourth-order valence-electron chi connectivity index (χ4n) is 4.38. The van der Waals surface area contributed by atoms with Crippen LogP contribution in [0.2, 0.25) is 0 Å². The van der Waals surface area contributed by atoms with Gasteiger partial charge in [0.15, 0.2) is 0 Å². The predicted molar refractivity (Wildman–Crippen MR) is 93.3 cm³/mol. The van der Waals surface area contributed by atoms with Gasteiger partial charge < -0.3 is 5.32 Å². The molecule has 2 aliphatic carbocycles. The first kappa shape index (κ1) is 16.1. The summed E-state index contributed by atoms with van der Waals surface area (Å²) in [7, 11) is 0. The van der Waals surface area contributed by atoms with Crippen LogP contribution in [0.15, 0.2) is 6.07 Å². The number of rotatable bonds is 5. The zero-order valence-corrected chi connectivity index (χ0v) is 14.7. The quantitative estimate of drug-likeness (QED) is 0.903. The van der Waals surface area contributed by atoms with Gasteiger partial charge in [0.25, 0.3) is 0 Å². The van der Waals surface area contributed by atoms with Gasteiger partial charge in [-0.25, -0.2) is 0 Å². The number of carbonyl (C=O) groups excluding carboxylic acids is 1. The highest BCUT2D eigenvalue weighted by atomic mass is 16.1. The number of hydrogen-bond donors (Lipinski definition) is 1. The third-order valence-corrected chi connectivity index (χ3v) is 6.05. The fraction of sp³-hybridized carbons (Fsp3) is 0.789. The van der Waals surface area contributed by atoms with E-state index in [0.717, 1.165) is 37.5 Å². The predicted octanol–water partition coefficient (Wildman–Crippen LogP) is 2.70. The van der Waals surface area contributed by atoms with Crippen LogP contribution in [0.1, 0.15) is 62.8 Å². The van der Waals surface area contributed by atoms with E-state index < -0.39 is 0 Å². The lowest BCUT2D eigenvalue weighted by atomic mass is 9.85. The number of aryl methyl sites for hydroxylation is 1. The summed E-state index contributed by atoms with van der Waals surface area (Å²) in [6.45, 7) is 5.04. The Hall–Kier alpha value is -1.36. The largest absolute Gasteiger partial charge is 0.350 e. The molecule has 1 aromatic rings. The SMILES string of the molecule is O=C(NCc1cc2n(n1)CCCN(CC1CCCC1)C2)C1CCC1. The first-order chi connectivity index (χ1) is 11.8. The van der Waals surface area contributed by atoms with Crippen molar-refractivity contribution >= 4 is 5.91 Å². The van der Waals surface area contributed by atoms with E-state index in [1.54, 1.807) is 0 Å². The molecule has 5 heteroatoms. The second-order valence-electron chi connectivity index (χ2n) is 7.93. The molecule has 0 bridgehead atoms. The Balaban J connectivity index is 1.33. The van der Waals surface area contributed by atoms with Gasteiger partial charge in [-0.15, -0.1) is 0 Å². The first-order valence-corrected chi connectivity index (χ1v) is 9.83. The minimum Gasteiger partial charge on any atom is -0.350 e. The van der Waals surface area contributed by atoms with Crippen LogP contribution in [0.5, 0.6) is 0 Å². The third kappa shape index (κ3) is 3.66. The van der Waals surface area contributed by atoms with Crippen molar-refractivity contribution in [2.75, 3.05) is 13.1 Å². The number of nitrogens with zero attached hydrogens (tertiary/aromatic N) is 3. The van der Waals surface area contributed by atoms with Gasteiger partial charge in [0, 0.05) is 32.1 Å².